The van der Waals surface area contributed by atoms with E-state index in [4.69, 9.17) is 28.4 Å². The van der Waals surface area contributed by atoms with Crippen molar-refractivity contribution in [1.82, 2.24) is 0 Å². The van der Waals surface area contributed by atoms with Crippen LogP contribution in [0.5, 0.6) is 23.0 Å². The Morgan fingerprint density at radius 1 is 0.814 bits per heavy atom. The van der Waals surface area contributed by atoms with Crippen LogP contribution in [-0.4, -0.2) is 130 Å². The maximum absolute atomic E-state index is 13.6. The molecule has 0 unspecified atom stereocenters. The number of aryl methyl sites for hydroxylation is 1. The van der Waals surface area contributed by atoms with Crippen molar-refractivity contribution in [3.63, 3.8) is 0 Å². The Labute approximate surface area is 244 Å². The van der Waals surface area contributed by atoms with Crippen LogP contribution >= 0.6 is 0 Å². The van der Waals surface area contributed by atoms with Gasteiger partial charge in [-0.3, -0.25) is 9.59 Å². The van der Waals surface area contributed by atoms with E-state index in [2.05, 4.69) is 0 Å². The molecule has 0 amide bonds. The first-order valence-corrected chi connectivity index (χ1v) is 13.3. The summed E-state index contributed by atoms with van der Waals surface area (Å²) in [4.78, 5) is 27.0. The van der Waals surface area contributed by atoms with Gasteiger partial charge in [-0.1, -0.05) is 6.07 Å². The lowest BCUT2D eigenvalue weighted by Crippen LogP contribution is -2.61. The summed E-state index contributed by atoms with van der Waals surface area (Å²) in [6.07, 6.45) is -14.4. The molecule has 2 aliphatic heterocycles. The minimum absolute atomic E-state index is 0.0327. The number of aliphatic hydroxyl groups is 6. The molecule has 2 fully saturated rings. The number of phenolic OH excluding ortho intramolecular Hbond substituents is 1. The SMILES string of the molecule is COc1c(O[C@@H]2O[C@H](CO[C@@H]3OC[C@@H](O)[C@H](O)[C@H]3O)[C@@H](O)[C@H](O)[C@H]2O)cc2c(c1OC)C(=O)c1ccc(C)c(O)c1C2=O. The second kappa shape index (κ2) is 12.0. The van der Waals surface area contributed by atoms with Crippen molar-refractivity contribution < 1.29 is 73.8 Å². The van der Waals surface area contributed by atoms with E-state index in [1.807, 2.05) is 0 Å². The Balaban J connectivity index is 1.45. The Morgan fingerprint density at radius 2 is 1.47 bits per heavy atom. The van der Waals surface area contributed by atoms with Crippen molar-refractivity contribution >= 4 is 11.6 Å². The molecule has 0 aromatic heterocycles. The zero-order valence-electron chi connectivity index (χ0n) is 23.2. The maximum Gasteiger partial charge on any atom is 0.229 e. The van der Waals surface area contributed by atoms with Crippen LogP contribution in [0.25, 0.3) is 0 Å². The molecule has 2 aromatic rings. The smallest absolute Gasteiger partial charge is 0.229 e. The van der Waals surface area contributed by atoms with E-state index in [0.717, 1.165) is 6.07 Å². The van der Waals surface area contributed by atoms with Gasteiger partial charge in [-0.25, -0.2) is 0 Å². The Morgan fingerprint density at radius 3 is 2.14 bits per heavy atom. The predicted octanol–water partition coefficient (Wildman–Crippen LogP) is -1.86. The molecule has 3 aliphatic rings. The van der Waals surface area contributed by atoms with Gasteiger partial charge in [0.15, 0.2) is 29.4 Å². The van der Waals surface area contributed by atoms with Gasteiger partial charge in [-0.15, -0.1) is 0 Å². The number of phenols is 1. The van der Waals surface area contributed by atoms with Gasteiger partial charge < -0.3 is 64.2 Å². The Bertz CT molecular complexity index is 1410. The topological polar surface area (TPSA) is 231 Å². The van der Waals surface area contributed by atoms with Gasteiger partial charge in [0.25, 0.3) is 0 Å². The third-order valence-corrected chi connectivity index (χ3v) is 7.72. The molecule has 15 heteroatoms. The van der Waals surface area contributed by atoms with Gasteiger partial charge in [0, 0.05) is 11.1 Å². The molecule has 1 aliphatic carbocycles. The number of hydrogen-bond donors (Lipinski definition) is 7. The molecule has 2 saturated heterocycles. The highest BCUT2D eigenvalue weighted by atomic mass is 16.7. The standard InChI is InChI=1S/C28H32O15/c1-9-4-5-10-15(17(9)30)19(32)11-6-13(25(38-2)26(39-3)16(11)18(10)31)42-28-24(37)22(35)21(34)14(43-28)8-41-27-23(36)20(33)12(29)7-40-27/h4-6,12,14,20-24,27-30,33-37H,7-8H2,1-3H3/t12-,14-,20+,21-,22+,23-,24-,27+,28-/m1/s1. The summed E-state index contributed by atoms with van der Waals surface area (Å²) >= 11 is 0. The second-order valence-corrected chi connectivity index (χ2v) is 10.4. The number of aromatic hydroxyl groups is 1. The van der Waals surface area contributed by atoms with Crippen LogP contribution in [0.2, 0.25) is 0 Å². The van der Waals surface area contributed by atoms with Gasteiger partial charge >= 0.3 is 0 Å². The van der Waals surface area contributed by atoms with Crippen LogP contribution < -0.4 is 14.2 Å². The molecule has 5 rings (SSSR count). The summed E-state index contributed by atoms with van der Waals surface area (Å²) < 4.78 is 33.0. The van der Waals surface area contributed by atoms with Gasteiger partial charge in [-0.05, 0) is 24.6 Å². The number of carbonyl (C=O) groups excluding carboxylic acids is 2. The summed E-state index contributed by atoms with van der Waals surface area (Å²) in [6, 6.07) is 4.07. The molecule has 234 valence electrons. The minimum atomic E-state index is -1.84. The van der Waals surface area contributed by atoms with E-state index in [1.165, 1.54) is 26.4 Å². The van der Waals surface area contributed by atoms with E-state index in [-0.39, 0.29) is 51.9 Å². The van der Waals surface area contributed by atoms with Crippen LogP contribution in [0, 0.1) is 6.92 Å². The molecule has 2 aromatic carbocycles. The first-order valence-electron chi connectivity index (χ1n) is 13.3. The second-order valence-electron chi connectivity index (χ2n) is 10.4. The molecular formula is C28H32O15. The van der Waals surface area contributed by atoms with E-state index in [9.17, 15) is 45.3 Å². The molecule has 9 atom stereocenters. The molecule has 43 heavy (non-hydrogen) atoms. The molecule has 0 spiro atoms. The predicted molar refractivity (Wildman–Crippen MR) is 140 cm³/mol. The van der Waals surface area contributed by atoms with E-state index >= 15 is 0 Å². The fourth-order valence-corrected chi connectivity index (χ4v) is 5.27. The first-order chi connectivity index (χ1) is 20.4. The molecule has 7 N–H and O–H groups in total. The molecule has 0 radical (unpaired) electrons. The van der Waals surface area contributed by atoms with Gasteiger partial charge in [0.05, 0.1) is 38.6 Å². The average molecular weight is 609 g/mol. The molecule has 0 bridgehead atoms. The van der Waals surface area contributed by atoms with Crippen LogP contribution in [0.1, 0.15) is 37.4 Å². The zero-order valence-corrected chi connectivity index (χ0v) is 23.2. The first kappa shape index (κ1) is 31.1. The number of ketones is 2. The van der Waals surface area contributed by atoms with Crippen LogP contribution in [0.15, 0.2) is 18.2 Å². The summed E-state index contributed by atoms with van der Waals surface area (Å²) in [5.41, 5.74) is -0.199. The van der Waals surface area contributed by atoms with Crippen molar-refractivity contribution in [2.24, 2.45) is 0 Å². The van der Waals surface area contributed by atoms with Gasteiger partial charge in [0.1, 0.15) is 48.5 Å². The lowest BCUT2D eigenvalue weighted by atomic mass is 9.82. The lowest BCUT2D eigenvalue weighted by molar-refractivity contribution is -0.307. The van der Waals surface area contributed by atoms with E-state index < -0.39 is 73.5 Å². The number of benzene rings is 2. The van der Waals surface area contributed by atoms with Crippen molar-refractivity contribution in [2.45, 2.75) is 62.2 Å². The fourth-order valence-electron chi connectivity index (χ4n) is 5.27. The van der Waals surface area contributed by atoms with E-state index in [1.54, 1.807) is 6.92 Å². The van der Waals surface area contributed by atoms with Crippen LogP contribution in [0.3, 0.4) is 0 Å². The van der Waals surface area contributed by atoms with Crippen molar-refractivity contribution in [2.75, 3.05) is 27.4 Å². The Hall–Kier alpha value is -3.38. The van der Waals surface area contributed by atoms with Crippen molar-refractivity contribution in [3.8, 4) is 23.0 Å². The highest BCUT2D eigenvalue weighted by molar-refractivity contribution is 6.30. The summed E-state index contributed by atoms with van der Waals surface area (Å²) in [6.45, 7) is 0.704. The lowest BCUT2D eigenvalue weighted by Gasteiger charge is -2.41. The number of hydrogen-bond acceptors (Lipinski definition) is 15. The van der Waals surface area contributed by atoms with Crippen molar-refractivity contribution in [3.05, 3.63) is 46.0 Å². The molecular weight excluding hydrogens is 576 g/mol. The monoisotopic (exact) mass is 608 g/mol. The minimum Gasteiger partial charge on any atom is -0.507 e. The summed E-state index contributed by atoms with van der Waals surface area (Å²) in [7, 11) is 2.47. The van der Waals surface area contributed by atoms with Gasteiger partial charge in [-0.2, -0.15) is 0 Å². The summed E-state index contributed by atoms with van der Waals surface area (Å²) in [5.74, 6) is -2.26. The van der Waals surface area contributed by atoms with Crippen LogP contribution in [0.4, 0.5) is 0 Å². The zero-order chi connectivity index (χ0) is 31.3. The van der Waals surface area contributed by atoms with E-state index in [0.29, 0.717) is 5.56 Å². The number of fused-ring (bicyclic) bond motifs is 2. The molecule has 15 nitrogen and oxygen atoms in total. The Kier molecular flexibility index (Phi) is 8.63. The maximum atomic E-state index is 13.6. The number of carbonyl (C=O) groups is 2. The summed E-state index contributed by atoms with van der Waals surface area (Å²) in [5, 5.41) is 71.9. The normalized spacial score (nSPS) is 32.2. The number of rotatable bonds is 7. The average Bonchev–Trinajstić information content (AvgIpc) is 2.99. The highest BCUT2D eigenvalue weighted by Gasteiger charge is 2.47. The third kappa shape index (κ3) is 5.22. The van der Waals surface area contributed by atoms with Gasteiger partial charge in [0.2, 0.25) is 12.0 Å². The molecule has 2 heterocycles. The molecule has 0 saturated carbocycles. The number of methoxy groups -OCH3 is 2. The van der Waals surface area contributed by atoms with Crippen LogP contribution in [-0.2, 0) is 14.2 Å². The number of aliphatic hydroxyl groups excluding tert-OH is 6. The third-order valence-electron chi connectivity index (χ3n) is 7.72. The van der Waals surface area contributed by atoms with Crippen molar-refractivity contribution in [1.29, 1.82) is 0 Å². The number of ether oxygens (including phenoxy) is 6. The quantitative estimate of drug-likeness (QED) is 0.156. The highest BCUT2D eigenvalue weighted by Crippen LogP contribution is 2.47. The fraction of sp³-hybridized carbons (Fsp3) is 0.500. The largest absolute Gasteiger partial charge is 0.507 e.